The van der Waals surface area contributed by atoms with Crippen LogP contribution in [0.25, 0.3) is 0 Å². The van der Waals surface area contributed by atoms with Crippen molar-refractivity contribution in [2.75, 3.05) is 0 Å². The predicted molar refractivity (Wildman–Crippen MR) is 64.2 cm³/mol. The van der Waals surface area contributed by atoms with Crippen molar-refractivity contribution in [1.82, 2.24) is 0 Å². The molecule has 2 atom stereocenters. The van der Waals surface area contributed by atoms with Crippen LogP contribution in [0.1, 0.15) is 25.8 Å². The van der Waals surface area contributed by atoms with E-state index in [1.807, 2.05) is 13.8 Å². The summed E-state index contributed by atoms with van der Waals surface area (Å²) in [4.78, 5) is 0. The fourth-order valence-electron chi connectivity index (χ4n) is 1.58. The van der Waals surface area contributed by atoms with Gasteiger partial charge in [-0.2, -0.15) is 0 Å². The van der Waals surface area contributed by atoms with E-state index in [0.29, 0.717) is 17.0 Å². The molecule has 0 heterocycles. The third-order valence-electron chi connectivity index (χ3n) is 2.56. The molecule has 15 heavy (non-hydrogen) atoms. The van der Waals surface area contributed by atoms with Crippen LogP contribution in [0.4, 0.5) is 4.39 Å². The van der Waals surface area contributed by atoms with E-state index in [2.05, 4.69) is 0 Å². The zero-order valence-electron chi connectivity index (χ0n) is 8.93. The second kappa shape index (κ2) is 5.72. The minimum Gasteiger partial charge on any atom is -0.207 e. The van der Waals surface area contributed by atoms with Crippen LogP contribution in [0, 0.1) is 11.7 Å². The summed E-state index contributed by atoms with van der Waals surface area (Å²) in [6, 6.07) is 4.63. The minimum atomic E-state index is -0.203. The van der Waals surface area contributed by atoms with Crippen LogP contribution in [-0.4, -0.2) is 5.38 Å². The maximum absolute atomic E-state index is 13.4. The molecule has 1 rings (SSSR count). The molecule has 0 aliphatic heterocycles. The molecule has 0 nitrogen and oxygen atoms in total. The minimum absolute atomic E-state index is 0.0865. The third-order valence-corrected chi connectivity index (χ3v) is 3.53. The first kappa shape index (κ1) is 12.8. The topological polar surface area (TPSA) is 0 Å². The van der Waals surface area contributed by atoms with Gasteiger partial charge in [0.25, 0.3) is 0 Å². The Hall–Kier alpha value is -0.270. The lowest BCUT2D eigenvalue weighted by Crippen LogP contribution is -2.13. The molecule has 0 N–H and O–H groups in total. The summed E-state index contributed by atoms with van der Waals surface area (Å²) in [5, 5.41) is 0.657. The highest BCUT2D eigenvalue weighted by molar-refractivity contribution is 6.30. The maximum Gasteiger partial charge on any atom is 0.126 e. The Kier molecular flexibility index (Phi) is 4.88. The van der Waals surface area contributed by atoms with Crippen molar-refractivity contribution in [2.45, 2.75) is 32.1 Å². The van der Waals surface area contributed by atoms with Crippen molar-refractivity contribution in [3.05, 3.63) is 34.6 Å². The van der Waals surface area contributed by atoms with Crippen LogP contribution >= 0.6 is 23.2 Å². The first-order chi connectivity index (χ1) is 7.04. The van der Waals surface area contributed by atoms with Crippen molar-refractivity contribution in [3.63, 3.8) is 0 Å². The van der Waals surface area contributed by atoms with E-state index < -0.39 is 0 Å². The van der Waals surface area contributed by atoms with E-state index in [1.54, 1.807) is 12.1 Å². The zero-order valence-corrected chi connectivity index (χ0v) is 10.4. The van der Waals surface area contributed by atoms with E-state index in [4.69, 9.17) is 23.2 Å². The van der Waals surface area contributed by atoms with Gasteiger partial charge in [0.1, 0.15) is 5.82 Å². The van der Waals surface area contributed by atoms with Crippen LogP contribution in [0.2, 0.25) is 5.02 Å². The molecule has 1 aromatic rings. The molecule has 0 amide bonds. The monoisotopic (exact) mass is 248 g/mol. The molecular weight excluding hydrogens is 234 g/mol. The standard InChI is InChI=1S/C12H15Cl2F/c1-3-11(14)8(2)6-9-7-10(13)4-5-12(9)15/h4-5,7-8,11H,3,6H2,1-2H3. The summed E-state index contributed by atoms with van der Waals surface area (Å²) >= 11 is 11.9. The number of hydrogen-bond donors (Lipinski definition) is 0. The smallest absolute Gasteiger partial charge is 0.126 e. The van der Waals surface area contributed by atoms with Gasteiger partial charge in [0.05, 0.1) is 0 Å². The van der Waals surface area contributed by atoms with Gasteiger partial charge in [-0.05, 0) is 42.5 Å². The van der Waals surface area contributed by atoms with Gasteiger partial charge in [-0.15, -0.1) is 11.6 Å². The van der Waals surface area contributed by atoms with E-state index in [0.717, 1.165) is 6.42 Å². The second-order valence-corrected chi connectivity index (χ2v) is 4.84. The predicted octanol–water partition coefficient (Wildman–Crippen LogP) is 4.68. The molecule has 0 aliphatic carbocycles. The number of alkyl halides is 1. The summed E-state index contributed by atoms with van der Waals surface area (Å²) in [6.07, 6.45) is 1.53. The summed E-state index contributed by atoms with van der Waals surface area (Å²) in [5.74, 6) is 0.0517. The molecule has 84 valence electrons. The molecule has 0 saturated carbocycles. The van der Waals surface area contributed by atoms with Crippen molar-refractivity contribution in [2.24, 2.45) is 5.92 Å². The summed E-state index contributed by atoms with van der Waals surface area (Å²) in [7, 11) is 0. The molecule has 0 spiro atoms. The highest BCUT2D eigenvalue weighted by atomic mass is 35.5. The fourth-order valence-corrected chi connectivity index (χ4v) is 1.86. The number of rotatable bonds is 4. The second-order valence-electron chi connectivity index (χ2n) is 3.84. The summed E-state index contributed by atoms with van der Waals surface area (Å²) in [6.45, 7) is 4.06. The van der Waals surface area contributed by atoms with Gasteiger partial charge in [-0.1, -0.05) is 25.4 Å². The largest absolute Gasteiger partial charge is 0.207 e. The number of halogens is 3. The third kappa shape index (κ3) is 3.66. The van der Waals surface area contributed by atoms with Crippen molar-refractivity contribution in [3.8, 4) is 0 Å². The molecule has 2 unspecified atom stereocenters. The average Bonchev–Trinajstić information content (AvgIpc) is 2.22. The molecule has 0 fully saturated rings. The van der Waals surface area contributed by atoms with Crippen LogP contribution < -0.4 is 0 Å². The van der Waals surface area contributed by atoms with Crippen LogP contribution in [0.15, 0.2) is 18.2 Å². The van der Waals surface area contributed by atoms with Crippen molar-refractivity contribution in [1.29, 1.82) is 0 Å². The molecule has 0 aromatic heterocycles. The molecule has 0 aliphatic rings. The molecule has 0 radical (unpaired) electrons. The lowest BCUT2D eigenvalue weighted by atomic mass is 9.96. The van der Waals surface area contributed by atoms with Crippen molar-refractivity contribution >= 4 is 23.2 Å². The van der Waals surface area contributed by atoms with E-state index in [1.165, 1.54) is 6.07 Å². The normalized spacial score (nSPS) is 15.0. The fraction of sp³-hybridized carbons (Fsp3) is 0.500. The number of hydrogen-bond acceptors (Lipinski definition) is 0. The van der Waals surface area contributed by atoms with Crippen LogP contribution in [0.5, 0.6) is 0 Å². The SMILES string of the molecule is CCC(Cl)C(C)Cc1cc(Cl)ccc1F. The first-order valence-corrected chi connectivity index (χ1v) is 5.94. The number of benzene rings is 1. The summed E-state index contributed by atoms with van der Waals surface area (Å²) in [5.41, 5.74) is 0.647. The van der Waals surface area contributed by atoms with E-state index in [9.17, 15) is 4.39 Å². The van der Waals surface area contributed by atoms with E-state index in [-0.39, 0.29) is 17.1 Å². The van der Waals surface area contributed by atoms with Gasteiger partial charge in [-0.3, -0.25) is 0 Å². The highest BCUT2D eigenvalue weighted by Crippen LogP contribution is 2.22. The Morgan fingerprint density at radius 2 is 2.07 bits per heavy atom. The average molecular weight is 249 g/mol. The molecule has 3 heteroatoms. The summed E-state index contributed by atoms with van der Waals surface area (Å²) < 4.78 is 13.4. The van der Waals surface area contributed by atoms with Gasteiger partial charge in [-0.25, -0.2) is 4.39 Å². The molecule has 0 saturated heterocycles. The van der Waals surface area contributed by atoms with Crippen LogP contribution in [0.3, 0.4) is 0 Å². The van der Waals surface area contributed by atoms with Gasteiger partial charge < -0.3 is 0 Å². The molecule has 1 aromatic carbocycles. The Morgan fingerprint density at radius 3 is 2.67 bits per heavy atom. The Morgan fingerprint density at radius 1 is 1.40 bits per heavy atom. The maximum atomic E-state index is 13.4. The van der Waals surface area contributed by atoms with Crippen molar-refractivity contribution < 1.29 is 4.39 Å². The van der Waals surface area contributed by atoms with E-state index >= 15 is 0 Å². The first-order valence-electron chi connectivity index (χ1n) is 5.12. The highest BCUT2D eigenvalue weighted by Gasteiger charge is 2.15. The lowest BCUT2D eigenvalue weighted by Gasteiger charge is -2.16. The van der Waals surface area contributed by atoms with Gasteiger partial charge in [0.2, 0.25) is 0 Å². The Balaban J connectivity index is 2.75. The van der Waals surface area contributed by atoms with Gasteiger partial charge >= 0.3 is 0 Å². The Labute approximate surface area is 100 Å². The lowest BCUT2D eigenvalue weighted by molar-refractivity contribution is 0.511. The Bertz CT molecular complexity index is 325. The van der Waals surface area contributed by atoms with Gasteiger partial charge in [0.15, 0.2) is 0 Å². The van der Waals surface area contributed by atoms with Gasteiger partial charge in [0, 0.05) is 10.4 Å². The zero-order chi connectivity index (χ0) is 11.4. The quantitative estimate of drug-likeness (QED) is 0.680. The molecular formula is C12H15Cl2F. The molecule has 0 bridgehead atoms. The van der Waals surface area contributed by atoms with Crippen LogP contribution in [-0.2, 0) is 6.42 Å².